The minimum Gasteiger partial charge on any atom is -0.490 e. The van der Waals surface area contributed by atoms with Crippen molar-refractivity contribution in [3.63, 3.8) is 0 Å². The van der Waals surface area contributed by atoms with Gasteiger partial charge in [0.25, 0.3) is 0 Å². The fourth-order valence-corrected chi connectivity index (χ4v) is 2.98. The molecule has 1 aliphatic heterocycles. The highest BCUT2D eigenvalue weighted by Gasteiger charge is 2.56. The number of ether oxygens (including phenoxy) is 2. The highest BCUT2D eigenvalue weighted by atomic mass is 35.5. The maximum Gasteiger partial charge on any atom is 0.425 e. The van der Waals surface area contributed by atoms with Gasteiger partial charge in [0.15, 0.2) is 10.9 Å². The standard InChI is InChI=1S/C17H22ClF3N2O5/c1-14(2,3)28-13(25)23-15(4)5-6-27-11-9(15)7-10(22-12(11)18)16(26,8-24)17(19,20)21/h7,24,26H,5-6,8H2,1-4H3,(H,23,25). The van der Waals surface area contributed by atoms with Crippen molar-refractivity contribution in [2.75, 3.05) is 13.2 Å². The number of amides is 1. The van der Waals surface area contributed by atoms with Gasteiger partial charge in [-0.05, 0) is 33.8 Å². The molecule has 7 nitrogen and oxygen atoms in total. The molecule has 2 heterocycles. The van der Waals surface area contributed by atoms with Gasteiger partial charge in [-0.15, -0.1) is 0 Å². The van der Waals surface area contributed by atoms with Crippen molar-refractivity contribution in [1.82, 2.24) is 10.3 Å². The minimum absolute atomic E-state index is 0.0160. The van der Waals surface area contributed by atoms with Crippen LogP contribution in [0.5, 0.6) is 5.75 Å². The Bertz CT molecular complexity index is 768. The third-order valence-electron chi connectivity index (χ3n) is 4.27. The number of aliphatic hydroxyl groups excluding tert-OH is 1. The number of nitrogens with one attached hydrogen (secondary N) is 1. The smallest absolute Gasteiger partial charge is 0.425 e. The van der Waals surface area contributed by atoms with Crippen LogP contribution in [0, 0.1) is 0 Å². The lowest BCUT2D eigenvalue weighted by molar-refractivity contribution is -0.279. The molecule has 2 atom stereocenters. The summed E-state index contributed by atoms with van der Waals surface area (Å²) < 4.78 is 50.6. The van der Waals surface area contributed by atoms with Crippen LogP contribution in [0.25, 0.3) is 0 Å². The number of hydrogen-bond acceptors (Lipinski definition) is 6. The number of pyridine rings is 1. The Morgan fingerprint density at radius 1 is 1.43 bits per heavy atom. The van der Waals surface area contributed by atoms with E-state index in [1.165, 1.54) is 0 Å². The molecule has 0 saturated heterocycles. The van der Waals surface area contributed by atoms with Gasteiger partial charge in [0.2, 0.25) is 5.60 Å². The molecule has 3 N–H and O–H groups in total. The van der Waals surface area contributed by atoms with Crippen molar-refractivity contribution in [2.24, 2.45) is 0 Å². The zero-order chi connectivity index (χ0) is 21.5. The van der Waals surface area contributed by atoms with E-state index in [4.69, 9.17) is 21.1 Å². The first-order valence-corrected chi connectivity index (χ1v) is 8.76. The van der Waals surface area contributed by atoms with Crippen molar-refractivity contribution in [2.45, 2.75) is 57.0 Å². The number of rotatable bonds is 3. The van der Waals surface area contributed by atoms with Crippen LogP contribution in [0.4, 0.5) is 18.0 Å². The van der Waals surface area contributed by atoms with Crippen LogP contribution < -0.4 is 10.1 Å². The van der Waals surface area contributed by atoms with E-state index < -0.39 is 46.5 Å². The second-order valence-corrected chi connectivity index (χ2v) is 8.11. The Kier molecular flexibility index (Phi) is 5.82. The van der Waals surface area contributed by atoms with Gasteiger partial charge in [0, 0.05) is 12.0 Å². The highest BCUT2D eigenvalue weighted by molar-refractivity contribution is 6.31. The summed E-state index contributed by atoms with van der Waals surface area (Å²) in [7, 11) is 0. The molecule has 0 spiro atoms. The predicted molar refractivity (Wildman–Crippen MR) is 93.1 cm³/mol. The van der Waals surface area contributed by atoms with E-state index >= 15 is 0 Å². The average Bonchev–Trinajstić information content (AvgIpc) is 2.51. The van der Waals surface area contributed by atoms with Gasteiger partial charge in [0.05, 0.1) is 24.4 Å². The lowest BCUT2D eigenvalue weighted by Crippen LogP contribution is -2.50. The topological polar surface area (TPSA) is 101 Å². The first-order chi connectivity index (χ1) is 12.6. The van der Waals surface area contributed by atoms with E-state index in [1.54, 1.807) is 27.7 Å². The number of aliphatic hydroxyl groups is 2. The number of alkyl halides is 3. The molecule has 1 aliphatic rings. The quantitative estimate of drug-likeness (QED) is 0.642. The predicted octanol–water partition coefficient (Wildman–Crippen LogP) is 3.00. The fraction of sp³-hybridized carbons (Fsp3) is 0.647. The molecule has 2 unspecified atom stereocenters. The number of carbonyl (C=O) groups is 1. The zero-order valence-electron chi connectivity index (χ0n) is 15.8. The number of fused-ring (bicyclic) bond motifs is 1. The van der Waals surface area contributed by atoms with E-state index in [-0.39, 0.29) is 24.3 Å². The molecule has 0 saturated carbocycles. The molecule has 1 aromatic heterocycles. The number of nitrogens with zero attached hydrogens (tertiary/aromatic N) is 1. The number of alkyl carbamates (subject to hydrolysis) is 1. The third kappa shape index (κ3) is 4.28. The van der Waals surface area contributed by atoms with Crippen molar-refractivity contribution in [3.8, 4) is 5.75 Å². The van der Waals surface area contributed by atoms with Gasteiger partial charge >= 0.3 is 12.3 Å². The van der Waals surface area contributed by atoms with Crippen LogP contribution >= 0.6 is 11.6 Å². The second-order valence-electron chi connectivity index (χ2n) is 7.75. The first-order valence-electron chi connectivity index (χ1n) is 8.38. The average molecular weight is 427 g/mol. The number of halogens is 4. The van der Waals surface area contributed by atoms with Gasteiger partial charge in [0.1, 0.15) is 5.60 Å². The van der Waals surface area contributed by atoms with Gasteiger partial charge in [-0.3, -0.25) is 0 Å². The molecule has 158 valence electrons. The largest absolute Gasteiger partial charge is 0.490 e. The Hall–Kier alpha value is -1.78. The molecule has 2 rings (SSSR count). The van der Waals surface area contributed by atoms with Crippen molar-refractivity contribution >= 4 is 17.7 Å². The minimum atomic E-state index is -5.21. The molecule has 0 aliphatic carbocycles. The molecule has 1 amide bonds. The normalized spacial score (nSPS) is 21.9. The number of carbonyl (C=O) groups excluding carboxylic acids is 1. The van der Waals surface area contributed by atoms with Crippen molar-refractivity contribution in [1.29, 1.82) is 0 Å². The van der Waals surface area contributed by atoms with E-state index in [1.807, 2.05) is 0 Å². The third-order valence-corrected chi connectivity index (χ3v) is 4.53. The number of hydrogen-bond donors (Lipinski definition) is 3. The maximum atomic E-state index is 13.3. The second kappa shape index (κ2) is 7.23. The summed E-state index contributed by atoms with van der Waals surface area (Å²) in [6.07, 6.45) is -5.80. The van der Waals surface area contributed by atoms with E-state index in [0.29, 0.717) is 0 Å². The molecule has 0 aromatic carbocycles. The van der Waals surface area contributed by atoms with E-state index in [2.05, 4.69) is 10.3 Å². The van der Waals surface area contributed by atoms with E-state index in [9.17, 15) is 28.2 Å². The lowest BCUT2D eigenvalue weighted by atomic mass is 9.85. The van der Waals surface area contributed by atoms with Crippen molar-refractivity contribution < 1.29 is 37.7 Å². The van der Waals surface area contributed by atoms with Crippen LogP contribution in [0.3, 0.4) is 0 Å². The molecular weight excluding hydrogens is 405 g/mol. The Balaban J connectivity index is 2.54. The SMILES string of the molecule is CC(C)(C)OC(=O)NC1(C)CCOc2c1cc(C(O)(CO)C(F)(F)F)nc2Cl. The Labute approximate surface area is 164 Å². The Morgan fingerprint density at radius 2 is 2.04 bits per heavy atom. The van der Waals surface area contributed by atoms with Gasteiger partial charge in [-0.25, -0.2) is 9.78 Å². The van der Waals surface area contributed by atoms with Gasteiger partial charge in [-0.1, -0.05) is 11.6 Å². The lowest BCUT2D eigenvalue weighted by Gasteiger charge is -2.38. The van der Waals surface area contributed by atoms with Gasteiger partial charge in [-0.2, -0.15) is 13.2 Å². The highest BCUT2D eigenvalue weighted by Crippen LogP contribution is 2.45. The monoisotopic (exact) mass is 426 g/mol. The summed E-state index contributed by atoms with van der Waals surface area (Å²) in [5.74, 6) is -0.0160. The number of aromatic nitrogens is 1. The summed E-state index contributed by atoms with van der Waals surface area (Å²) in [6, 6.07) is 0.918. The zero-order valence-corrected chi connectivity index (χ0v) is 16.5. The van der Waals surface area contributed by atoms with E-state index in [0.717, 1.165) is 6.07 Å². The van der Waals surface area contributed by atoms with Crippen LogP contribution in [0.2, 0.25) is 5.15 Å². The molecule has 11 heteroatoms. The molecule has 0 fully saturated rings. The Morgan fingerprint density at radius 3 is 2.54 bits per heavy atom. The molecule has 28 heavy (non-hydrogen) atoms. The summed E-state index contributed by atoms with van der Waals surface area (Å²) >= 11 is 5.99. The molecular formula is C17H22ClF3N2O5. The van der Waals surface area contributed by atoms with Crippen LogP contribution in [0.15, 0.2) is 6.07 Å². The molecule has 0 radical (unpaired) electrons. The van der Waals surface area contributed by atoms with Crippen LogP contribution in [-0.2, 0) is 15.9 Å². The van der Waals surface area contributed by atoms with Crippen LogP contribution in [0.1, 0.15) is 45.4 Å². The summed E-state index contributed by atoms with van der Waals surface area (Å²) in [6.45, 7) is 5.01. The maximum absolute atomic E-state index is 13.3. The molecule has 1 aromatic rings. The first kappa shape index (κ1) is 22.5. The molecule has 0 bridgehead atoms. The summed E-state index contributed by atoms with van der Waals surface area (Å²) in [4.78, 5) is 15.8. The van der Waals surface area contributed by atoms with Gasteiger partial charge < -0.3 is 25.0 Å². The van der Waals surface area contributed by atoms with Crippen LogP contribution in [-0.4, -0.2) is 46.3 Å². The summed E-state index contributed by atoms with van der Waals surface area (Å²) in [5.41, 5.74) is -6.46. The van der Waals surface area contributed by atoms with Crippen molar-refractivity contribution in [3.05, 3.63) is 22.5 Å². The summed E-state index contributed by atoms with van der Waals surface area (Å²) in [5, 5.41) is 21.4. The fourth-order valence-electron chi connectivity index (χ4n) is 2.73.